The molecule has 2 N–H and O–H groups in total. The highest BCUT2D eigenvalue weighted by molar-refractivity contribution is 7.80. The Morgan fingerprint density at radius 1 is 1.04 bits per heavy atom. The molecule has 0 saturated heterocycles. The molecule has 0 aliphatic rings. The molecule has 24 heavy (non-hydrogen) atoms. The molecule has 126 valence electrons. The maximum absolute atomic E-state index is 11.3. The number of carbonyl (C=O) groups excluding carboxylic acids is 1. The fourth-order valence-electron chi connectivity index (χ4n) is 2.03. The maximum atomic E-state index is 11.3. The fourth-order valence-corrected chi connectivity index (χ4v) is 2.49. The third-order valence-electron chi connectivity index (χ3n) is 3.27. The lowest BCUT2D eigenvalue weighted by Crippen LogP contribution is -2.19. The van der Waals surface area contributed by atoms with Crippen molar-refractivity contribution in [3.8, 4) is 11.5 Å². The molecule has 0 fully saturated rings. The Morgan fingerprint density at radius 2 is 1.67 bits per heavy atom. The molecule has 0 bridgehead atoms. The van der Waals surface area contributed by atoms with Crippen LogP contribution in [0.25, 0.3) is 0 Å². The van der Waals surface area contributed by atoms with Crippen LogP contribution < -0.4 is 20.1 Å². The molecule has 0 heterocycles. The number of benzene rings is 2. The smallest absolute Gasteiger partial charge is 0.175 e. The van der Waals surface area contributed by atoms with E-state index in [1.165, 1.54) is 14.0 Å². The average Bonchev–Trinajstić information content (AvgIpc) is 2.56. The zero-order chi connectivity index (χ0) is 17.7. The van der Waals surface area contributed by atoms with E-state index < -0.39 is 0 Å². The maximum Gasteiger partial charge on any atom is 0.175 e. The molecular weight excluding hydrogens is 348 g/mol. The molecule has 0 aromatic heterocycles. The number of halogens is 1. The summed E-state index contributed by atoms with van der Waals surface area (Å²) in [4.78, 5) is 11.3. The highest BCUT2D eigenvalue weighted by atomic mass is 35.5. The Labute approximate surface area is 150 Å². The SMILES string of the molecule is COc1cc(NC(=S)Nc2ccc(C(C)=O)cc2)c(OC)cc1Cl. The Hall–Kier alpha value is -2.31. The largest absolute Gasteiger partial charge is 0.495 e. The number of hydrogen-bond donors (Lipinski definition) is 2. The van der Waals surface area contributed by atoms with Gasteiger partial charge in [0.25, 0.3) is 0 Å². The summed E-state index contributed by atoms with van der Waals surface area (Å²) in [6, 6.07) is 10.4. The van der Waals surface area contributed by atoms with Gasteiger partial charge in [-0.05, 0) is 43.4 Å². The number of rotatable bonds is 5. The number of nitrogens with one attached hydrogen (secondary N) is 2. The third kappa shape index (κ3) is 4.37. The second-order valence-corrected chi connectivity index (χ2v) is 5.72. The van der Waals surface area contributed by atoms with Crippen LogP contribution in [-0.4, -0.2) is 25.1 Å². The molecule has 0 amide bonds. The average molecular weight is 365 g/mol. The van der Waals surface area contributed by atoms with E-state index in [1.807, 2.05) is 0 Å². The first-order valence-corrected chi connectivity index (χ1v) is 7.83. The second-order valence-electron chi connectivity index (χ2n) is 4.90. The van der Waals surface area contributed by atoms with Gasteiger partial charge < -0.3 is 20.1 Å². The summed E-state index contributed by atoms with van der Waals surface area (Å²) < 4.78 is 10.5. The van der Waals surface area contributed by atoms with Crippen molar-refractivity contribution in [2.24, 2.45) is 0 Å². The number of ketones is 1. The van der Waals surface area contributed by atoms with E-state index >= 15 is 0 Å². The van der Waals surface area contributed by atoms with Gasteiger partial charge in [-0.15, -0.1) is 0 Å². The Bertz CT molecular complexity index is 763. The predicted octanol–water partition coefficient (Wildman–Crippen LogP) is 4.37. The lowest BCUT2D eigenvalue weighted by molar-refractivity contribution is 0.101. The first-order chi connectivity index (χ1) is 11.4. The number of anilines is 2. The van der Waals surface area contributed by atoms with Crippen molar-refractivity contribution >= 4 is 46.1 Å². The fraction of sp³-hybridized carbons (Fsp3) is 0.176. The number of hydrogen-bond acceptors (Lipinski definition) is 4. The summed E-state index contributed by atoms with van der Waals surface area (Å²) >= 11 is 11.4. The van der Waals surface area contributed by atoms with Crippen molar-refractivity contribution in [2.45, 2.75) is 6.92 Å². The van der Waals surface area contributed by atoms with E-state index in [-0.39, 0.29) is 5.78 Å². The highest BCUT2D eigenvalue weighted by Gasteiger charge is 2.11. The van der Waals surface area contributed by atoms with Crippen molar-refractivity contribution in [1.29, 1.82) is 0 Å². The van der Waals surface area contributed by atoms with E-state index in [4.69, 9.17) is 33.3 Å². The molecule has 0 spiro atoms. The summed E-state index contributed by atoms with van der Waals surface area (Å²) in [5.41, 5.74) is 2.03. The van der Waals surface area contributed by atoms with E-state index in [9.17, 15) is 4.79 Å². The quantitative estimate of drug-likeness (QED) is 0.607. The van der Waals surface area contributed by atoms with Crippen LogP contribution in [0.5, 0.6) is 11.5 Å². The molecule has 2 aromatic carbocycles. The summed E-state index contributed by atoms with van der Waals surface area (Å²) in [7, 11) is 3.07. The van der Waals surface area contributed by atoms with Crippen molar-refractivity contribution in [3.05, 3.63) is 47.0 Å². The van der Waals surface area contributed by atoms with E-state index in [0.29, 0.717) is 32.9 Å². The second kappa shape index (κ2) is 7.99. The van der Waals surface area contributed by atoms with Crippen LogP contribution in [0.3, 0.4) is 0 Å². The topological polar surface area (TPSA) is 59.6 Å². The number of thiocarbonyl (C=S) groups is 1. The molecule has 7 heteroatoms. The Balaban J connectivity index is 2.13. The molecule has 0 aliphatic carbocycles. The first-order valence-electron chi connectivity index (χ1n) is 7.05. The van der Waals surface area contributed by atoms with Crippen LogP contribution in [0, 0.1) is 0 Å². The van der Waals surface area contributed by atoms with Gasteiger partial charge in [-0.25, -0.2) is 0 Å². The van der Waals surface area contributed by atoms with Crippen LogP contribution >= 0.6 is 23.8 Å². The minimum Gasteiger partial charge on any atom is -0.495 e. The van der Waals surface area contributed by atoms with Crippen LogP contribution in [0.1, 0.15) is 17.3 Å². The van der Waals surface area contributed by atoms with E-state index in [1.54, 1.807) is 43.5 Å². The summed E-state index contributed by atoms with van der Waals surface area (Å²) in [6.07, 6.45) is 0. The highest BCUT2D eigenvalue weighted by Crippen LogP contribution is 2.35. The van der Waals surface area contributed by atoms with Crippen LogP contribution in [0.15, 0.2) is 36.4 Å². The van der Waals surface area contributed by atoms with Crippen molar-refractivity contribution in [3.63, 3.8) is 0 Å². The lowest BCUT2D eigenvalue weighted by Gasteiger charge is -2.15. The Kier molecular flexibility index (Phi) is 6.00. The van der Waals surface area contributed by atoms with E-state index in [2.05, 4.69) is 10.6 Å². The normalized spacial score (nSPS) is 10.0. The molecule has 2 rings (SSSR count). The number of methoxy groups -OCH3 is 2. The molecule has 2 aromatic rings. The van der Waals surface area contributed by atoms with Gasteiger partial charge in [0.15, 0.2) is 10.9 Å². The van der Waals surface area contributed by atoms with Gasteiger partial charge in [0, 0.05) is 23.4 Å². The third-order valence-corrected chi connectivity index (χ3v) is 3.77. The molecule has 0 aliphatic heterocycles. The predicted molar refractivity (Wildman–Crippen MR) is 101 cm³/mol. The van der Waals surface area contributed by atoms with Gasteiger partial charge in [-0.2, -0.15) is 0 Å². The van der Waals surface area contributed by atoms with Gasteiger partial charge in [0.05, 0.1) is 24.9 Å². The number of carbonyl (C=O) groups is 1. The molecular formula is C17H17ClN2O3S. The van der Waals surface area contributed by atoms with Crippen molar-refractivity contribution < 1.29 is 14.3 Å². The summed E-state index contributed by atoms with van der Waals surface area (Å²) in [6.45, 7) is 1.52. The standard InChI is InChI=1S/C17H17ClN2O3S/c1-10(21)11-4-6-12(7-5-11)19-17(24)20-14-9-15(22-2)13(18)8-16(14)23-3/h4-9H,1-3H3,(H2,19,20,24). The van der Waals surface area contributed by atoms with Gasteiger partial charge >= 0.3 is 0 Å². The zero-order valence-electron chi connectivity index (χ0n) is 13.5. The van der Waals surface area contributed by atoms with E-state index in [0.717, 1.165) is 5.69 Å². The first kappa shape index (κ1) is 18.0. The molecule has 0 atom stereocenters. The number of Topliss-reactive ketones (excluding diaryl/α,β-unsaturated/α-hetero) is 1. The number of ether oxygens (including phenoxy) is 2. The molecule has 5 nitrogen and oxygen atoms in total. The lowest BCUT2D eigenvalue weighted by atomic mass is 10.1. The van der Waals surface area contributed by atoms with Gasteiger partial charge in [-0.1, -0.05) is 11.6 Å². The Morgan fingerprint density at radius 3 is 2.21 bits per heavy atom. The minimum atomic E-state index is 0.0141. The zero-order valence-corrected chi connectivity index (χ0v) is 15.0. The van der Waals surface area contributed by atoms with Gasteiger partial charge in [-0.3, -0.25) is 4.79 Å². The van der Waals surface area contributed by atoms with Gasteiger partial charge in [0.1, 0.15) is 11.5 Å². The van der Waals surface area contributed by atoms with Gasteiger partial charge in [0.2, 0.25) is 0 Å². The molecule has 0 radical (unpaired) electrons. The molecule has 0 saturated carbocycles. The van der Waals surface area contributed by atoms with Crippen LogP contribution in [-0.2, 0) is 0 Å². The van der Waals surface area contributed by atoms with Crippen LogP contribution in [0.4, 0.5) is 11.4 Å². The summed E-state index contributed by atoms with van der Waals surface area (Å²) in [5.74, 6) is 1.06. The van der Waals surface area contributed by atoms with Crippen molar-refractivity contribution in [1.82, 2.24) is 0 Å². The van der Waals surface area contributed by atoms with Crippen molar-refractivity contribution in [2.75, 3.05) is 24.9 Å². The monoisotopic (exact) mass is 364 g/mol. The molecule has 0 unspecified atom stereocenters. The van der Waals surface area contributed by atoms with Crippen LogP contribution in [0.2, 0.25) is 5.02 Å². The minimum absolute atomic E-state index is 0.0141. The summed E-state index contributed by atoms with van der Waals surface area (Å²) in [5, 5.41) is 6.89.